The van der Waals surface area contributed by atoms with E-state index in [9.17, 15) is 0 Å². The molecule has 0 aliphatic rings. The van der Waals surface area contributed by atoms with Crippen molar-refractivity contribution in [3.05, 3.63) is 47.1 Å². The molecule has 0 amide bonds. The van der Waals surface area contributed by atoms with Gasteiger partial charge >= 0.3 is 0 Å². The van der Waals surface area contributed by atoms with Crippen LogP contribution in [0.25, 0.3) is 0 Å². The van der Waals surface area contributed by atoms with Gasteiger partial charge in [-0.2, -0.15) is 4.98 Å². The van der Waals surface area contributed by atoms with Crippen molar-refractivity contribution in [2.24, 2.45) is 5.92 Å². The maximum Gasteiger partial charge on any atom is 0.240 e. The summed E-state index contributed by atoms with van der Waals surface area (Å²) in [5.41, 5.74) is 2.71. The minimum absolute atomic E-state index is 0.285. The molecule has 1 N–H and O–H groups in total. The van der Waals surface area contributed by atoms with Gasteiger partial charge in [0.25, 0.3) is 0 Å². The Labute approximate surface area is 127 Å². The lowest BCUT2D eigenvalue weighted by molar-refractivity contribution is 0.336. The molecule has 0 saturated carbocycles. The largest absolute Gasteiger partial charge is 0.338 e. The molecular formula is C17H25N3O. The molecule has 2 rings (SSSR count). The zero-order valence-corrected chi connectivity index (χ0v) is 13.4. The van der Waals surface area contributed by atoms with Gasteiger partial charge in [-0.15, -0.1) is 0 Å². The summed E-state index contributed by atoms with van der Waals surface area (Å²) in [6.07, 6.45) is 2.32. The highest BCUT2D eigenvalue weighted by molar-refractivity contribution is 5.25. The molecule has 0 aliphatic heterocycles. The third kappa shape index (κ3) is 4.39. The molecule has 1 heterocycles. The molecule has 114 valence electrons. The topological polar surface area (TPSA) is 51.0 Å². The quantitative estimate of drug-likeness (QED) is 0.841. The van der Waals surface area contributed by atoms with E-state index in [0.29, 0.717) is 24.2 Å². The van der Waals surface area contributed by atoms with E-state index >= 15 is 0 Å². The van der Waals surface area contributed by atoms with Crippen molar-refractivity contribution < 1.29 is 4.52 Å². The Hall–Kier alpha value is -1.68. The summed E-state index contributed by atoms with van der Waals surface area (Å²) < 4.78 is 5.16. The standard InChI is InChI=1S/C17H25N3O/c1-5-6-14-7-9-15(10-8-14)17(12(2)3)18-11-16-19-13(4)20-21-16/h7-10,12,17-18H,5-6,11H2,1-4H3. The van der Waals surface area contributed by atoms with Gasteiger partial charge in [-0.05, 0) is 30.4 Å². The zero-order chi connectivity index (χ0) is 15.2. The van der Waals surface area contributed by atoms with Gasteiger partial charge in [0, 0.05) is 6.04 Å². The monoisotopic (exact) mass is 287 g/mol. The molecule has 0 radical (unpaired) electrons. The fraction of sp³-hybridized carbons (Fsp3) is 0.529. The summed E-state index contributed by atoms with van der Waals surface area (Å²) in [4.78, 5) is 4.23. The minimum Gasteiger partial charge on any atom is -0.338 e. The van der Waals surface area contributed by atoms with Gasteiger partial charge in [0.2, 0.25) is 5.89 Å². The molecular weight excluding hydrogens is 262 g/mol. The van der Waals surface area contributed by atoms with Crippen LogP contribution in [0.4, 0.5) is 0 Å². The second kappa shape index (κ2) is 7.36. The first-order valence-electron chi connectivity index (χ1n) is 7.71. The van der Waals surface area contributed by atoms with Crippen LogP contribution in [-0.4, -0.2) is 10.1 Å². The Kier molecular flexibility index (Phi) is 5.51. The molecule has 0 spiro atoms. The van der Waals surface area contributed by atoms with E-state index < -0.39 is 0 Å². The van der Waals surface area contributed by atoms with Crippen LogP contribution in [-0.2, 0) is 13.0 Å². The van der Waals surface area contributed by atoms with E-state index in [-0.39, 0.29) is 6.04 Å². The number of aryl methyl sites for hydroxylation is 2. The maximum absolute atomic E-state index is 5.16. The van der Waals surface area contributed by atoms with Crippen molar-refractivity contribution in [1.29, 1.82) is 0 Å². The van der Waals surface area contributed by atoms with Gasteiger partial charge in [-0.1, -0.05) is 56.6 Å². The summed E-state index contributed by atoms with van der Waals surface area (Å²) in [6, 6.07) is 9.19. The smallest absolute Gasteiger partial charge is 0.240 e. The van der Waals surface area contributed by atoms with Gasteiger partial charge in [0.05, 0.1) is 6.54 Å². The average molecular weight is 287 g/mol. The summed E-state index contributed by atoms with van der Waals surface area (Å²) in [7, 11) is 0. The van der Waals surface area contributed by atoms with Gasteiger partial charge < -0.3 is 9.84 Å². The van der Waals surface area contributed by atoms with Crippen molar-refractivity contribution in [2.75, 3.05) is 0 Å². The number of benzene rings is 1. The lowest BCUT2D eigenvalue weighted by atomic mass is 9.94. The lowest BCUT2D eigenvalue weighted by Crippen LogP contribution is -2.25. The summed E-state index contributed by atoms with van der Waals surface area (Å²) in [5.74, 6) is 1.81. The van der Waals surface area contributed by atoms with Crippen LogP contribution < -0.4 is 5.32 Å². The summed E-state index contributed by atoms with van der Waals surface area (Å²) >= 11 is 0. The van der Waals surface area contributed by atoms with E-state index in [2.05, 4.69) is 60.5 Å². The molecule has 4 nitrogen and oxygen atoms in total. The molecule has 0 aliphatic carbocycles. The number of nitrogens with one attached hydrogen (secondary N) is 1. The Morgan fingerprint density at radius 2 is 1.90 bits per heavy atom. The van der Waals surface area contributed by atoms with Gasteiger partial charge in [0.1, 0.15) is 0 Å². The fourth-order valence-corrected chi connectivity index (χ4v) is 2.53. The number of hydrogen-bond donors (Lipinski definition) is 1. The van der Waals surface area contributed by atoms with E-state index in [1.807, 2.05) is 6.92 Å². The summed E-state index contributed by atoms with van der Waals surface area (Å²) in [5, 5.41) is 7.34. The van der Waals surface area contributed by atoms with Gasteiger partial charge in [-0.3, -0.25) is 0 Å². The van der Waals surface area contributed by atoms with E-state index in [1.165, 1.54) is 17.5 Å². The molecule has 1 unspecified atom stereocenters. The third-order valence-corrected chi connectivity index (χ3v) is 3.59. The van der Waals surface area contributed by atoms with Crippen LogP contribution in [0, 0.1) is 12.8 Å². The first-order valence-corrected chi connectivity index (χ1v) is 7.71. The average Bonchev–Trinajstić information content (AvgIpc) is 2.86. The highest BCUT2D eigenvalue weighted by atomic mass is 16.5. The van der Waals surface area contributed by atoms with E-state index in [1.54, 1.807) is 0 Å². The molecule has 1 aromatic heterocycles. The van der Waals surface area contributed by atoms with Crippen molar-refractivity contribution in [3.63, 3.8) is 0 Å². The van der Waals surface area contributed by atoms with Gasteiger partial charge in [0.15, 0.2) is 5.82 Å². The minimum atomic E-state index is 0.285. The Morgan fingerprint density at radius 1 is 1.19 bits per heavy atom. The van der Waals surface area contributed by atoms with Crippen LogP contribution in [0.2, 0.25) is 0 Å². The van der Waals surface area contributed by atoms with Crippen LogP contribution in [0.1, 0.15) is 56.1 Å². The van der Waals surface area contributed by atoms with Crippen molar-refractivity contribution in [3.8, 4) is 0 Å². The fourth-order valence-electron chi connectivity index (χ4n) is 2.53. The van der Waals surface area contributed by atoms with Gasteiger partial charge in [-0.25, -0.2) is 0 Å². The second-order valence-corrected chi connectivity index (χ2v) is 5.83. The molecule has 4 heteroatoms. The van der Waals surface area contributed by atoms with Crippen molar-refractivity contribution >= 4 is 0 Å². The maximum atomic E-state index is 5.16. The van der Waals surface area contributed by atoms with E-state index in [4.69, 9.17) is 4.52 Å². The first-order chi connectivity index (χ1) is 10.1. The molecule has 21 heavy (non-hydrogen) atoms. The number of hydrogen-bond acceptors (Lipinski definition) is 4. The normalized spacial score (nSPS) is 12.8. The molecule has 0 saturated heterocycles. The molecule has 0 fully saturated rings. The molecule has 2 aromatic rings. The Bertz CT molecular complexity index is 545. The number of rotatable bonds is 7. The molecule has 1 aromatic carbocycles. The highest BCUT2D eigenvalue weighted by Crippen LogP contribution is 2.22. The lowest BCUT2D eigenvalue weighted by Gasteiger charge is -2.22. The Balaban J connectivity index is 2.04. The zero-order valence-electron chi connectivity index (χ0n) is 13.4. The van der Waals surface area contributed by atoms with Crippen LogP contribution in [0.3, 0.4) is 0 Å². The predicted molar refractivity (Wildman–Crippen MR) is 83.9 cm³/mol. The second-order valence-electron chi connectivity index (χ2n) is 5.83. The van der Waals surface area contributed by atoms with Crippen molar-refractivity contribution in [1.82, 2.24) is 15.5 Å². The summed E-state index contributed by atoms with van der Waals surface area (Å²) in [6.45, 7) is 9.08. The van der Waals surface area contributed by atoms with Crippen LogP contribution in [0.15, 0.2) is 28.8 Å². The third-order valence-electron chi connectivity index (χ3n) is 3.59. The molecule has 0 bridgehead atoms. The first kappa shape index (κ1) is 15.7. The number of aromatic nitrogens is 2. The van der Waals surface area contributed by atoms with Crippen LogP contribution >= 0.6 is 0 Å². The Morgan fingerprint density at radius 3 is 2.43 bits per heavy atom. The predicted octanol–water partition coefficient (Wildman–Crippen LogP) is 3.82. The highest BCUT2D eigenvalue weighted by Gasteiger charge is 2.16. The van der Waals surface area contributed by atoms with Crippen molar-refractivity contribution in [2.45, 2.75) is 53.1 Å². The SMILES string of the molecule is CCCc1ccc(C(NCc2nc(C)no2)C(C)C)cc1. The molecule has 1 atom stereocenters. The number of nitrogens with zero attached hydrogens (tertiary/aromatic N) is 2. The van der Waals surface area contributed by atoms with E-state index in [0.717, 1.165) is 6.42 Å². The van der Waals surface area contributed by atoms with Crippen LogP contribution in [0.5, 0.6) is 0 Å².